The summed E-state index contributed by atoms with van der Waals surface area (Å²) < 4.78 is 10.9. The van der Waals surface area contributed by atoms with Crippen molar-refractivity contribution < 1.29 is 14.1 Å². The van der Waals surface area contributed by atoms with E-state index in [1.807, 2.05) is 38.1 Å². The number of rotatable bonds is 5. The molecule has 0 radical (unpaired) electrons. The molecule has 0 aliphatic carbocycles. The fourth-order valence-corrected chi connectivity index (χ4v) is 2.42. The lowest BCUT2D eigenvalue weighted by Crippen LogP contribution is -2.12. The number of hydrogen-bond acceptors (Lipinski definition) is 4. The minimum absolute atomic E-state index is 0.108. The third kappa shape index (κ3) is 4.19. The van der Waals surface area contributed by atoms with Crippen molar-refractivity contribution in [3.8, 4) is 17.1 Å². The summed E-state index contributed by atoms with van der Waals surface area (Å²) in [5.74, 6) is 0.887. The number of nitrogens with zero attached hydrogens (tertiary/aromatic N) is 1. The zero-order valence-electron chi connectivity index (χ0n) is 13.8. The van der Waals surface area contributed by atoms with Gasteiger partial charge in [0, 0.05) is 11.6 Å². The Morgan fingerprint density at radius 3 is 2.56 bits per heavy atom. The highest BCUT2D eigenvalue weighted by Crippen LogP contribution is 2.25. The van der Waals surface area contributed by atoms with E-state index in [0.29, 0.717) is 16.5 Å². The maximum Gasteiger partial charge on any atom is 0.277 e. The van der Waals surface area contributed by atoms with Crippen molar-refractivity contribution in [3.63, 3.8) is 0 Å². The minimum Gasteiger partial charge on any atom is -0.491 e. The molecule has 128 valence electrons. The van der Waals surface area contributed by atoms with Crippen LogP contribution in [-0.2, 0) is 0 Å². The number of carbonyl (C=O) groups excluding carboxylic acids is 1. The number of amides is 1. The molecule has 0 fully saturated rings. The Labute approximate surface area is 150 Å². The molecule has 6 heteroatoms. The Balaban J connectivity index is 1.73. The highest BCUT2D eigenvalue weighted by atomic mass is 35.5. The van der Waals surface area contributed by atoms with Crippen LogP contribution < -0.4 is 10.1 Å². The van der Waals surface area contributed by atoms with E-state index < -0.39 is 0 Å². The molecule has 1 amide bonds. The second-order valence-electron chi connectivity index (χ2n) is 5.70. The summed E-state index contributed by atoms with van der Waals surface area (Å²) >= 11 is 6.04. The van der Waals surface area contributed by atoms with Gasteiger partial charge in [0.1, 0.15) is 5.75 Å². The van der Waals surface area contributed by atoms with Crippen LogP contribution in [0.5, 0.6) is 5.75 Å². The Morgan fingerprint density at radius 2 is 1.88 bits per heavy atom. The largest absolute Gasteiger partial charge is 0.491 e. The van der Waals surface area contributed by atoms with E-state index in [0.717, 1.165) is 11.3 Å². The number of nitrogens with one attached hydrogen (secondary N) is 1. The number of benzene rings is 2. The van der Waals surface area contributed by atoms with Gasteiger partial charge in [-0.1, -0.05) is 28.9 Å². The van der Waals surface area contributed by atoms with Crippen molar-refractivity contribution in [1.29, 1.82) is 0 Å². The van der Waals surface area contributed by atoms with Crippen LogP contribution in [0.2, 0.25) is 5.02 Å². The van der Waals surface area contributed by atoms with Gasteiger partial charge in [0.05, 0.1) is 16.8 Å². The Kier molecular flexibility index (Phi) is 5.05. The molecule has 0 saturated carbocycles. The average molecular weight is 357 g/mol. The normalized spacial score (nSPS) is 10.7. The van der Waals surface area contributed by atoms with Crippen LogP contribution in [0.1, 0.15) is 24.3 Å². The molecule has 0 unspecified atom stereocenters. The van der Waals surface area contributed by atoms with Crippen molar-refractivity contribution in [2.24, 2.45) is 0 Å². The van der Waals surface area contributed by atoms with Crippen LogP contribution in [0, 0.1) is 0 Å². The van der Waals surface area contributed by atoms with E-state index in [-0.39, 0.29) is 17.7 Å². The lowest BCUT2D eigenvalue weighted by molar-refractivity contribution is 0.101. The second kappa shape index (κ2) is 7.40. The lowest BCUT2D eigenvalue weighted by Gasteiger charge is -2.09. The molecule has 1 N–H and O–H groups in total. The number of hydrogen-bond donors (Lipinski definition) is 1. The van der Waals surface area contributed by atoms with Crippen LogP contribution in [0.15, 0.2) is 59.1 Å². The third-order valence-electron chi connectivity index (χ3n) is 3.38. The highest BCUT2D eigenvalue weighted by Gasteiger charge is 2.15. The molecule has 0 bridgehead atoms. The van der Waals surface area contributed by atoms with Gasteiger partial charge in [-0.05, 0) is 50.2 Å². The van der Waals surface area contributed by atoms with Crippen LogP contribution >= 0.6 is 11.6 Å². The molecule has 1 heterocycles. The average Bonchev–Trinajstić information content (AvgIpc) is 3.07. The first-order chi connectivity index (χ1) is 12.0. The summed E-state index contributed by atoms with van der Waals surface area (Å²) in [4.78, 5) is 12.3. The molecule has 2 aromatic carbocycles. The summed E-state index contributed by atoms with van der Waals surface area (Å²) in [5.41, 5.74) is 1.51. The van der Waals surface area contributed by atoms with Crippen molar-refractivity contribution in [1.82, 2.24) is 5.16 Å². The summed E-state index contributed by atoms with van der Waals surface area (Å²) in [5, 5.41) is 6.99. The van der Waals surface area contributed by atoms with E-state index in [1.54, 1.807) is 30.3 Å². The molecule has 25 heavy (non-hydrogen) atoms. The van der Waals surface area contributed by atoms with E-state index in [1.165, 1.54) is 0 Å². The van der Waals surface area contributed by atoms with E-state index >= 15 is 0 Å². The van der Waals surface area contributed by atoms with Crippen LogP contribution in [0.3, 0.4) is 0 Å². The molecule has 3 aromatic rings. The molecule has 5 nitrogen and oxygen atoms in total. The number of ether oxygens (including phenoxy) is 1. The molecule has 0 aliphatic heterocycles. The number of carbonyl (C=O) groups is 1. The lowest BCUT2D eigenvalue weighted by atomic mass is 10.1. The van der Waals surface area contributed by atoms with Crippen molar-refractivity contribution in [3.05, 3.63) is 65.3 Å². The monoisotopic (exact) mass is 356 g/mol. The maximum absolute atomic E-state index is 12.3. The number of aromatic nitrogens is 1. The highest BCUT2D eigenvalue weighted by molar-refractivity contribution is 6.33. The van der Waals surface area contributed by atoms with Gasteiger partial charge in [0.15, 0.2) is 11.5 Å². The van der Waals surface area contributed by atoms with Gasteiger partial charge < -0.3 is 14.6 Å². The first-order valence-electron chi connectivity index (χ1n) is 7.82. The summed E-state index contributed by atoms with van der Waals surface area (Å²) in [7, 11) is 0. The molecule has 0 saturated heterocycles. The predicted molar refractivity (Wildman–Crippen MR) is 97.1 cm³/mol. The van der Waals surface area contributed by atoms with E-state index in [2.05, 4.69) is 10.5 Å². The van der Waals surface area contributed by atoms with Gasteiger partial charge in [-0.25, -0.2) is 0 Å². The molecular weight excluding hydrogens is 340 g/mol. The zero-order chi connectivity index (χ0) is 17.8. The SMILES string of the molecule is CC(C)Oc1ccc(-c2cc(C(=O)Nc3ccccc3Cl)no2)cc1. The number of anilines is 1. The first kappa shape index (κ1) is 17.0. The smallest absolute Gasteiger partial charge is 0.277 e. The maximum atomic E-state index is 12.3. The van der Waals surface area contributed by atoms with Gasteiger partial charge in [-0.15, -0.1) is 0 Å². The summed E-state index contributed by atoms with van der Waals surface area (Å²) in [6.07, 6.45) is 0.108. The second-order valence-corrected chi connectivity index (χ2v) is 6.11. The fourth-order valence-electron chi connectivity index (χ4n) is 2.24. The summed E-state index contributed by atoms with van der Waals surface area (Å²) in [6.45, 7) is 3.93. The molecule has 1 aromatic heterocycles. The van der Waals surface area contributed by atoms with E-state index in [9.17, 15) is 4.79 Å². The quantitative estimate of drug-likeness (QED) is 0.696. The minimum atomic E-state index is -0.386. The third-order valence-corrected chi connectivity index (χ3v) is 3.71. The fraction of sp³-hybridized carbons (Fsp3) is 0.158. The van der Waals surface area contributed by atoms with Gasteiger partial charge in [-0.2, -0.15) is 0 Å². The van der Waals surface area contributed by atoms with Crippen molar-refractivity contribution in [2.75, 3.05) is 5.32 Å². The topological polar surface area (TPSA) is 64.4 Å². The Bertz CT molecular complexity index is 872. The Hall–Kier alpha value is -2.79. The van der Waals surface area contributed by atoms with Crippen LogP contribution in [-0.4, -0.2) is 17.2 Å². The molecule has 0 atom stereocenters. The number of halogens is 1. The Morgan fingerprint density at radius 1 is 1.16 bits per heavy atom. The zero-order valence-corrected chi connectivity index (χ0v) is 14.6. The van der Waals surface area contributed by atoms with Crippen molar-refractivity contribution >= 4 is 23.2 Å². The molecule has 0 spiro atoms. The van der Waals surface area contributed by atoms with E-state index in [4.69, 9.17) is 20.9 Å². The first-order valence-corrected chi connectivity index (χ1v) is 8.20. The van der Waals surface area contributed by atoms with Gasteiger partial charge >= 0.3 is 0 Å². The molecular formula is C19H17ClN2O3. The van der Waals surface area contributed by atoms with Crippen LogP contribution in [0.4, 0.5) is 5.69 Å². The standard InChI is InChI=1S/C19H17ClN2O3/c1-12(2)24-14-9-7-13(8-10-14)18-11-17(22-25-18)19(23)21-16-6-4-3-5-15(16)20/h3-12H,1-2H3,(H,21,23). The molecule has 0 aliphatic rings. The van der Waals surface area contributed by atoms with Gasteiger partial charge in [0.25, 0.3) is 5.91 Å². The van der Waals surface area contributed by atoms with Crippen LogP contribution in [0.25, 0.3) is 11.3 Å². The number of para-hydroxylation sites is 1. The van der Waals surface area contributed by atoms with Crippen molar-refractivity contribution in [2.45, 2.75) is 20.0 Å². The molecule has 3 rings (SSSR count). The van der Waals surface area contributed by atoms with Gasteiger partial charge in [0.2, 0.25) is 0 Å². The van der Waals surface area contributed by atoms with Gasteiger partial charge in [-0.3, -0.25) is 4.79 Å². The summed E-state index contributed by atoms with van der Waals surface area (Å²) in [6, 6.07) is 16.0. The predicted octanol–water partition coefficient (Wildman–Crippen LogP) is 5.03.